The molecule has 4 rings (SSSR count). The molecule has 4 nitrogen and oxygen atoms in total. The Labute approximate surface area is 171 Å². The van der Waals surface area contributed by atoms with Crippen molar-refractivity contribution in [2.75, 3.05) is 9.80 Å². The van der Waals surface area contributed by atoms with Crippen molar-refractivity contribution in [3.63, 3.8) is 0 Å². The number of amides is 2. The van der Waals surface area contributed by atoms with Crippen LogP contribution in [0.25, 0.3) is 5.57 Å². The topological polar surface area (TPSA) is 40.6 Å². The Hall–Kier alpha value is -2.41. The van der Waals surface area contributed by atoms with E-state index in [1.807, 2.05) is 37.3 Å². The minimum Gasteiger partial charge on any atom is -0.284 e. The maximum Gasteiger partial charge on any atom is 0.271 e. The van der Waals surface area contributed by atoms with Gasteiger partial charge in [-0.2, -0.15) is 0 Å². The van der Waals surface area contributed by atoms with Gasteiger partial charge in [-0.05, 0) is 30.7 Å². The fourth-order valence-corrected chi connectivity index (χ4v) is 4.65. The number of benzene rings is 2. The summed E-state index contributed by atoms with van der Waals surface area (Å²) in [4.78, 5) is 29.3. The van der Waals surface area contributed by atoms with E-state index < -0.39 is 0 Å². The van der Waals surface area contributed by atoms with E-state index in [1.54, 1.807) is 12.1 Å². The highest BCUT2D eigenvalue weighted by Gasteiger charge is 2.42. The first-order valence-electron chi connectivity index (χ1n) is 8.06. The smallest absolute Gasteiger partial charge is 0.271 e. The van der Waals surface area contributed by atoms with Crippen molar-refractivity contribution < 1.29 is 9.59 Å². The molecule has 1 saturated heterocycles. The van der Waals surface area contributed by atoms with Gasteiger partial charge in [0.05, 0.1) is 21.9 Å². The third-order valence-electron chi connectivity index (χ3n) is 4.46. The van der Waals surface area contributed by atoms with E-state index in [4.69, 9.17) is 23.8 Å². The van der Waals surface area contributed by atoms with Gasteiger partial charge in [-0.15, -0.1) is 0 Å². The molecule has 2 aromatic carbocycles. The molecule has 2 aliphatic heterocycles. The Balaban J connectivity index is 1.85. The van der Waals surface area contributed by atoms with Crippen LogP contribution < -0.4 is 9.80 Å². The van der Waals surface area contributed by atoms with Crippen molar-refractivity contribution in [2.45, 2.75) is 6.92 Å². The number of carbonyl (C=O) groups excluding carboxylic acids is 2. The van der Waals surface area contributed by atoms with Crippen LogP contribution in [0.15, 0.2) is 60.1 Å². The van der Waals surface area contributed by atoms with Crippen LogP contribution in [0.1, 0.15) is 11.1 Å². The van der Waals surface area contributed by atoms with Crippen LogP contribution in [-0.2, 0) is 9.59 Å². The molecule has 2 aromatic rings. The molecule has 7 heteroatoms. The first-order valence-corrected chi connectivity index (χ1v) is 9.66. The van der Waals surface area contributed by atoms with Crippen molar-refractivity contribution in [2.24, 2.45) is 0 Å². The van der Waals surface area contributed by atoms with Crippen LogP contribution in [0.3, 0.4) is 0 Å². The largest absolute Gasteiger partial charge is 0.284 e. The lowest BCUT2D eigenvalue weighted by atomic mass is 10.1. The molecule has 0 N–H and O–H groups in total. The summed E-state index contributed by atoms with van der Waals surface area (Å²) >= 11 is 12.8. The molecule has 2 aliphatic rings. The molecule has 1 fully saturated rings. The Bertz CT molecular complexity index is 1080. The molecule has 0 bridgehead atoms. The molecule has 0 aliphatic carbocycles. The van der Waals surface area contributed by atoms with Gasteiger partial charge in [0.1, 0.15) is 0 Å². The van der Waals surface area contributed by atoms with E-state index in [0.717, 1.165) is 17.3 Å². The Morgan fingerprint density at radius 3 is 2.59 bits per heavy atom. The second kappa shape index (κ2) is 6.64. The number of thioether (sulfide) groups is 1. The number of nitrogens with zero attached hydrogens (tertiary/aromatic N) is 2. The van der Waals surface area contributed by atoms with Crippen LogP contribution in [0.5, 0.6) is 0 Å². The summed E-state index contributed by atoms with van der Waals surface area (Å²) in [6, 6.07) is 12.6. The number of fused-ring (bicyclic) bond motifs is 1. The normalized spacial score (nSPS) is 19.1. The Morgan fingerprint density at radius 1 is 1.15 bits per heavy atom. The van der Waals surface area contributed by atoms with Crippen molar-refractivity contribution in [1.29, 1.82) is 0 Å². The van der Waals surface area contributed by atoms with Crippen molar-refractivity contribution >= 4 is 68.7 Å². The van der Waals surface area contributed by atoms with Crippen molar-refractivity contribution in [3.8, 4) is 0 Å². The molecule has 2 amide bonds. The number of para-hydroxylation sites is 1. The summed E-state index contributed by atoms with van der Waals surface area (Å²) in [6.45, 7) is 5.59. The van der Waals surface area contributed by atoms with Gasteiger partial charge < -0.3 is 0 Å². The standard InChI is InChI=1S/C20H13ClN2O2S2/c1-3-22-15-7-5-4-6-13(15)16(18(22)24)17-19(25)23(20(26)27-17)12-9-8-11(2)14(21)10-12/h3-10H,1H2,2H3. The van der Waals surface area contributed by atoms with E-state index in [9.17, 15) is 9.59 Å². The van der Waals surface area contributed by atoms with Gasteiger partial charge in [0.25, 0.3) is 11.8 Å². The van der Waals surface area contributed by atoms with Gasteiger partial charge in [0.2, 0.25) is 0 Å². The molecule has 0 atom stereocenters. The van der Waals surface area contributed by atoms with Crippen molar-refractivity contribution in [1.82, 2.24) is 0 Å². The van der Waals surface area contributed by atoms with Gasteiger partial charge in [-0.25, -0.2) is 0 Å². The second-order valence-corrected chi connectivity index (χ2v) is 8.07. The quantitative estimate of drug-likeness (QED) is 0.518. The molecular formula is C20H13ClN2O2S2. The lowest BCUT2D eigenvalue weighted by Crippen LogP contribution is -2.28. The fourth-order valence-electron chi connectivity index (χ4n) is 3.10. The lowest BCUT2D eigenvalue weighted by Gasteiger charge is -2.15. The average Bonchev–Trinajstić information content (AvgIpc) is 3.09. The van der Waals surface area contributed by atoms with E-state index in [-0.39, 0.29) is 11.8 Å². The Kier molecular flexibility index (Phi) is 4.42. The maximum absolute atomic E-state index is 13.2. The van der Waals surface area contributed by atoms with E-state index >= 15 is 0 Å². The molecule has 0 spiro atoms. The van der Waals surface area contributed by atoms with Crippen LogP contribution in [-0.4, -0.2) is 16.1 Å². The number of aryl methyl sites for hydroxylation is 1. The lowest BCUT2D eigenvalue weighted by molar-refractivity contribution is -0.114. The number of anilines is 2. The Morgan fingerprint density at radius 2 is 1.89 bits per heavy atom. The van der Waals surface area contributed by atoms with Crippen LogP contribution in [0.4, 0.5) is 11.4 Å². The zero-order valence-electron chi connectivity index (χ0n) is 14.2. The van der Waals surface area contributed by atoms with E-state index in [2.05, 4.69) is 6.58 Å². The van der Waals surface area contributed by atoms with Gasteiger partial charge in [0, 0.05) is 16.8 Å². The van der Waals surface area contributed by atoms with Gasteiger partial charge in [-0.3, -0.25) is 19.4 Å². The number of hydrogen-bond acceptors (Lipinski definition) is 4. The molecular weight excluding hydrogens is 400 g/mol. The number of halogens is 1. The monoisotopic (exact) mass is 412 g/mol. The van der Waals surface area contributed by atoms with Gasteiger partial charge in [0.15, 0.2) is 4.32 Å². The maximum atomic E-state index is 13.2. The van der Waals surface area contributed by atoms with E-state index in [0.29, 0.717) is 36.8 Å². The molecule has 134 valence electrons. The fraction of sp³-hybridized carbons (Fsp3) is 0.0500. The molecule has 0 saturated carbocycles. The van der Waals surface area contributed by atoms with Crippen LogP contribution >= 0.6 is 35.6 Å². The summed E-state index contributed by atoms with van der Waals surface area (Å²) in [5.74, 6) is -0.609. The first kappa shape index (κ1) is 18.0. The number of carbonyl (C=O) groups is 2. The van der Waals surface area contributed by atoms with Crippen LogP contribution in [0.2, 0.25) is 5.02 Å². The number of hydrogen-bond donors (Lipinski definition) is 0. The van der Waals surface area contributed by atoms with Gasteiger partial charge >= 0.3 is 0 Å². The number of rotatable bonds is 2. The second-order valence-electron chi connectivity index (χ2n) is 6.02. The molecule has 27 heavy (non-hydrogen) atoms. The van der Waals surface area contributed by atoms with Crippen molar-refractivity contribution in [3.05, 3.63) is 76.3 Å². The van der Waals surface area contributed by atoms with Crippen LogP contribution in [0, 0.1) is 6.92 Å². The molecule has 0 aromatic heterocycles. The molecule has 0 unspecified atom stereocenters. The summed E-state index contributed by atoms with van der Waals surface area (Å²) in [5.41, 5.74) is 3.25. The summed E-state index contributed by atoms with van der Waals surface area (Å²) in [7, 11) is 0. The van der Waals surface area contributed by atoms with E-state index in [1.165, 1.54) is 16.0 Å². The third kappa shape index (κ3) is 2.72. The first-order chi connectivity index (χ1) is 12.9. The predicted octanol–water partition coefficient (Wildman–Crippen LogP) is 4.91. The zero-order chi connectivity index (χ0) is 19.3. The summed E-state index contributed by atoms with van der Waals surface area (Å²) < 4.78 is 0.366. The zero-order valence-corrected chi connectivity index (χ0v) is 16.6. The average molecular weight is 413 g/mol. The highest BCUT2D eigenvalue weighted by molar-refractivity contribution is 8.27. The minimum absolute atomic E-state index is 0.284. The highest BCUT2D eigenvalue weighted by Crippen LogP contribution is 2.45. The SMILES string of the molecule is C=CN1C(=O)C(=C2SC(=S)N(c3ccc(C)c(Cl)c3)C2=O)c2ccccc21. The van der Waals surface area contributed by atoms with Gasteiger partial charge in [-0.1, -0.05) is 66.4 Å². The highest BCUT2D eigenvalue weighted by atomic mass is 35.5. The summed E-state index contributed by atoms with van der Waals surface area (Å²) in [6.07, 6.45) is 1.45. The summed E-state index contributed by atoms with van der Waals surface area (Å²) in [5, 5.41) is 0.550. The molecule has 0 radical (unpaired) electrons. The minimum atomic E-state index is -0.325. The third-order valence-corrected chi connectivity index (χ3v) is 6.24. The molecule has 2 heterocycles. The number of thiocarbonyl (C=S) groups is 1. The predicted molar refractivity (Wildman–Crippen MR) is 115 cm³/mol.